The van der Waals surface area contributed by atoms with Crippen LogP contribution in [0.5, 0.6) is 0 Å². The van der Waals surface area contributed by atoms with E-state index < -0.39 is 0 Å². The monoisotopic (exact) mass is 311 g/mol. The first-order valence-corrected chi connectivity index (χ1v) is 9.83. The zero-order chi connectivity index (χ0) is 14.7. The van der Waals surface area contributed by atoms with Gasteiger partial charge in [0.15, 0.2) is 0 Å². The molecule has 2 aliphatic heterocycles. The predicted molar refractivity (Wildman–Crippen MR) is 87.5 cm³/mol. The fourth-order valence-corrected chi connectivity index (χ4v) is 5.62. The summed E-state index contributed by atoms with van der Waals surface area (Å²) in [6.45, 7) is 1.58. The molecule has 3 nitrogen and oxygen atoms in total. The van der Waals surface area contributed by atoms with Gasteiger partial charge in [0.2, 0.25) is 0 Å². The summed E-state index contributed by atoms with van der Waals surface area (Å²) in [6.07, 6.45) is 8.66. The van der Waals surface area contributed by atoms with Crippen LogP contribution in [0.25, 0.3) is 0 Å². The first kappa shape index (κ1) is 15.8. The van der Waals surface area contributed by atoms with Crippen molar-refractivity contribution in [2.24, 2.45) is 23.5 Å². The van der Waals surface area contributed by atoms with Gasteiger partial charge in [0, 0.05) is 18.4 Å². The van der Waals surface area contributed by atoms with Crippen LogP contribution < -0.4 is 5.73 Å². The molecule has 0 bridgehead atoms. The van der Waals surface area contributed by atoms with Gasteiger partial charge >= 0.3 is 0 Å². The Kier molecular flexibility index (Phi) is 5.28. The lowest BCUT2D eigenvalue weighted by atomic mass is 9.72. The molecule has 0 radical (unpaired) electrons. The van der Waals surface area contributed by atoms with Crippen molar-refractivity contribution in [2.75, 3.05) is 24.7 Å². The normalized spacial score (nSPS) is 36.5. The SMILES string of the molecule is NCC1CCC(C(=O)C2CCOC3(CCSCC3)C2)CC1. The van der Waals surface area contributed by atoms with Crippen molar-refractivity contribution in [1.82, 2.24) is 0 Å². The van der Waals surface area contributed by atoms with E-state index in [9.17, 15) is 4.79 Å². The van der Waals surface area contributed by atoms with Crippen LogP contribution in [-0.4, -0.2) is 36.0 Å². The average molecular weight is 311 g/mol. The number of thioether (sulfide) groups is 1. The van der Waals surface area contributed by atoms with E-state index in [1.165, 1.54) is 11.5 Å². The van der Waals surface area contributed by atoms with E-state index in [2.05, 4.69) is 0 Å². The second-order valence-corrected chi connectivity index (χ2v) is 8.41. The van der Waals surface area contributed by atoms with E-state index >= 15 is 0 Å². The summed E-state index contributed by atoms with van der Waals surface area (Å²) in [5, 5.41) is 0. The molecule has 21 heavy (non-hydrogen) atoms. The quantitative estimate of drug-likeness (QED) is 0.870. The maximum absolute atomic E-state index is 12.9. The number of hydrogen-bond acceptors (Lipinski definition) is 4. The fourth-order valence-electron chi connectivity index (χ4n) is 4.38. The number of carbonyl (C=O) groups excluding carboxylic acids is 1. The van der Waals surface area contributed by atoms with Gasteiger partial charge in [-0.1, -0.05) is 0 Å². The van der Waals surface area contributed by atoms with Gasteiger partial charge in [-0.05, 0) is 75.3 Å². The van der Waals surface area contributed by atoms with Crippen molar-refractivity contribution in [3.8, 4) is 0 Å². The minimum Gasteiger partial charge on any atom is -0.375 e. The Bertz CT molecular complexity index is 354. The molecule has 1 aliphatic carbocycles. The number of carbonyl (C=O) groups is 1. The van der Waals surface area contributed by atoms with E-state index in [0.29, 0.717) is 17.6 Å². The van der Waals surface area contributed by atoms with Crippen molar-refractivity contribution in [3.05, 3.63) is 0 Å². The van der Waals surface area contributed by atoms with E-state index in [0.717, 1.165) is 64.5 Å². The molecule has 1 atom stereocenters. The topological polar surface area (TPSA) is 52.3 Å². The molecule has 2 N–H and O–H groups in total. The summed E-state index contributed by atoms with van der Waals surface area (Å²) in [6, 6.07) is 0. The number of hydrogen-bond donors (Lipinski definition) is 1. The standard InChI is InChI=1S/C17H29NO2S/c18-12-13-1-3-14(4-2-13)16(19)15-5-8-20-17(11-15)6-9-21-10-7-17/h13-15H,1-12,18H2. The Hall–Kier alpha value is -0.0600. The third-order valence-corrected chi connectivity index (χ3v) is 6.87. The summed E-state index contributed by atoms with van der Waals surface area (Å²) in [5.74, 6) is 4.18. The van der Waals surface area contributed by atoms with Crippen LogP contribution >= 0.6 is 11.8 Å². The van der Waals surface area contributed by atoms with Gasteiger partial charge in [0.1, 0.15) is 5.78 Å². The molecular weight excluding hydrogens is 282 g/mol. The molecule has 0 aromatic heterocycles. The molecule has 120 valence electrons. The highest BCUT2D eigenvalue weighted by molar-refractivity contribution is 7.99. The molecule has 0 aromatic rings. The third-order valence-electron chi connectivity index (χ3n) is 5.88. The Labute approximate surface area is 132 Å². The maximum atomic E-state index is 12.9. The van der Waals surface area contributed by atoms with Crippen molar-refractivity contribution in [2.45, 2.75) is 57.0 Å². The molecule has 3 rings (SSSR count). The highest BCUT2D eigenvalue weighted by Gasteiger charge is 2.42. The van der Waals surface area contributed by atoms with Gasteiger partial charge < -0.3 is 10.5 Å². The lowest BCUT2D eigenvalue weighted by molar-refractivity contribution is -0.143. The number of ether oxygens (including phenoxy) is 1. The molecule has 0 aromatic carbocycles. The van der Waals surface area contributed by atoms with E-state index in [1.807, 2.05) is 11.8 Å². The lowest BCUT2D eigenvalue weighted by Crippen LogP contribution is -2.45. The molecule has 4 heteroatoms. The molecule has 2 saturated heterocycles. The van der Waals surface area contributed by atoms with Crippen LogP contribution in [0.3, 0.4) is 0 Å². The third kappa shape index (κ3) is 3.65. The van der Waals surface area contributed by atoms with Crippen LogP contribution in [-0.2, 0) is 9.53 Å². The van der Waals surface area contributed by atoms with E-state index in [1.54, 1.807) is 0 Å². The van der Waals surface area contributed by atoms with Crippen molar-refractivity contribution < 1.29 is 9.53 Å². The van der Waals surface area contributed by atoms with Gasteiger partial charge in [-0.3, -0.25) is 4.79 Å². The molecular formula is C17H29NO2S. The van der Waals surface area contributed by atoms with Gasteiger partial charge in [-0.25, -0.2) is 0 Å². The molecule has 3 aliphatic rings. The molecule has 0 amide bonds. The maximum Gasteiger partial charge on any atom is 0.139 e. The Balaban J connectivity index is 1.57. The molecule has 1 saturated carbocycles. The van der Waals surface area contributed by atoms with Crippen molar-refractivity contribution >= 4 is 17.5 Å². The molecule has 1 spiro atoms. The minimum atomic E-state index is 0.0400. The Morgan fingerprint density at radius 3 is 2.48 bits per heavy atom. The van der Waals surface area contributed by atoms with Crippen LogP contribution in [0.15, 0.2) is 0 Å². The van der Waals surface area contributed by atoms with Gasteiger partial charge in [-0.2, -0.15) is 11.8 Å². The van der Waals surface area contributed by atoms with E-state index in [4.69, 9.17) is 10.5 Å². The van der Waals surface area contributed by atoms with Crippen LogP contribution in [0.1, 0.15) is 51.4 Å². The zero-order valence-corrected chi connectivity index (χ0v) is 13.8. The second kappa shape index (κ2) is 7.01. The summed E-state index contributed by atoms with van der Waals surface area (Å²) in [5.41, 5.74) is 5.80. The highest BCUT2D eigenvalue weighted by atomic mass is 32.2. The fraction of sp³-hybridized carbons (Fsp3) is 0.941. The summed E-state index contributed by atoms with van der Waals surface area (Å²) < 4.78 is 6.13. The number of Topliss-reactive ketones (excluding diaryl/α,β-unsaturated/α-hetero) is 1. The Morgan fingerprint density at radius 2 is 1.81 bits per heavy atom. The van der Waals surface area contributed by atoms with Gasteiger partial charge in [0.05, 0.1) is 5.60 Å². The predicted octanol–water partition coefficient (Wildman–Crippen LogP) is 3.01. The first-order chi connectivity index (χ1) is 10.2. The average Bonchev–Trinajstić information content (AvgIpc) is 2.55. The van der Waals surface area contributed by atoms with Crippen molar-refractivity contribution in [3.63, 3.8) is 0 Å². The second-order valence-electron chi connectivity index (χ2n) is 7.19. The first-order valence-electron chi connectivity index (χ1n) is 8.68. The Morgan fingerprint density at radius 1 is 1.10 bits per heavy atom. The molecule has 2 heterocycles. The zero-order valence-electron chi connectivity index (χ0n) is 13.0. The van der Waals surface area contributed by atoms with E-state index in [-0.39, 0.29) is 11.5 Å². The molecule has 3 fully saturated rings. The summed E-state index contributed by atoms with van der Waals surface area (Å²) in [4.78, 5) is 12.9. The number of ketones is 1. The lowest BCUT2D eigenvalue weighted by Gasteiger charge is -2.43. The minimum absolute atomic E-state index is 0.0400. The highest BCUT2D eigenvalue weighted by Crippen LogP contribution is 2.42. The molecule has 1 unspecified atom stereocenters. The smallest absolute Gasteiger partial charge is 0.139 e. The van der Waals surface area contributed by atoms with Crippen LogP contribution in [0, 0.1) is 17.8 Å². The largest absolute Gasteiger partial charge is 0.375 e. The number of nitrogens with two attached hydrogens (primary N) is 1. The van der Waals surface area contributed by atoms with Gasteiger partial charge in [0.25, 0.3) is 0 Å². The van der Waals surface area contributed by atoms with Crippen LogP contribution in [0.4, 0.5) is 0 Å². The number of rotatable bonds is 3. The van der Waals surface area contributed by atoms with Crippen LogP contribution in [0.2, 0.25) is 0 Å². The van der Waals surface area contributed by atoms with Crippen molar-refractivity contribution in [1.29, 1.82) is 0 Å². The summed E-state index contributed by atoms with van der Waals surface area (Å²) in [7, 11) is 0. The summed E-state index contributed by atoms with van der Waals surface area (Å²) >= 11 is 2.03. The van der Waals surface area contributed by atoms with Gasteiger partial charge in [-0.15, -0.1) is 0 Å².